The lowest BCUT2D eigenvalue weighted by Crippen LogP contribution is -2.12. The highest BCUT2D eigenvalue weighted by Gasteiger charge is 2.08. The first kappa shape index (κ1) is 22.0. The number of anilines is 3. The minimum Gasteiger partial charge on any atom is -0.497 e. The summed E-state index contributed by atoms with van der Waals surface area (Å²) in [5, 5.41) is 23.5. The van der Waals surface area contributed by atoms with Crippen LogP contribution in [0.15, 0.2) is 79.0 Å². The second kappa shape index (κ2) is 10.4. The van der Waals surface area contributed by atoms with Crippen molar-refractivity contribution in [1.29, 1.82) is 0 Å². The van der Waals surface area contributed by atoms with Gasteiger partial charge in [-0.1, -0.05) is 17.3 Å². The van der Waals surface area contributed by atoms with Crippen LogP contribution in [0.3, 0.4) is 0 Å². The highest BCUT2D eigenvalue weighted by atomic mass is 16.5. The maximum atomic E-state index is 12.6. The maximum Gasteiger partial charge on any atom is 0.255 e. The SMILES string of the molecule is COc1cccc(C(=O)Nc2cccc(Nc3ccc(-n4cc(CCCO)nn4)cc3)c2)c1. The van der Waals surface area contributed by atoms with Crippen molar-refractivity contribution >= 4 is 23.0 Å². The summed E-state index contributed by atoms with van der Waals surface area (Å²) >= 11 is 0. The van der Waals surface area contributed by atoms with Crippen LogP contribution >= 0.6 is 0 Å². The number of ether oxygens (including phenoxy) is 1. The summed E-state index contributed by atoms with van der Waals surface area (Å²) in [4.78, 5) is 12.6. The molecular formula is C25H25N5O3. The molecular weight excluding hydrogens is 418 g/mol. The molecule has 1 amide bonds. The molecule has 0 aliphatic carbocycles. The number of aromatic nitrogens is 3. The van der Waals surface area contributed by atoms with Crippen molar-refractivity contribution in [3.8, 4) is 11.4 Å². The fraction of sp³-hybridized carbons (Fsp3) is 0.160. The summed E-state index contributed by atoms with van der Waals surface area (Å²) in [6.07, 6.45) is 3.23. The van der Waals surface area contributed by atoms with Crippen LogP contribution in [0.2, 0.25) is 0 Å². The van der Waals surface area contributed by atoms with Crippen LogP contribution in [-0.2, 0) is 6.42 Å². The van der Waals surface area contributed by atoms with Crippen molar-refractivity contribution in [2.24, 2.45) is 0 Å². The Balaban J connectivity index is 1.40. The number of aryl methyl sites for hydroxylation is 1. The minimum absolute atomic E-state index is 0.138. The summed E-state index contributed by atoms with van der Waals surface area (Å²) < 4.78 is 6.90. The molecule has 0 atom stereocenters. The third-order valence-electron chi connectivity index (χ3n) is 5.00. The van der Waals surface area contributed by atoms with Crippen molar-refractivity contribution < 1.29 is 14.6 Å². The lowest BCUT2D eigenvalue weighted by Gasteiger charge is -2.11. The summed E-state index contributed by atoms with van der Waals surface area (Å²) in [7, 11) is 1.57. The normalized spacial score (nSPS) is 10.6. The molecule has 0 aliphatic rings. The maximum absolute atomic E-state index is 12.6. The number of benzene rings is 3. The summed E-state index contributed by atoms with van der Waals surface area (Å²) in [5.41, 5.74) is 4.69. The van der Waals surface area contributed by atoms with Crippen molar-refractivity contribution in [1.82, 2.24) is 15.0 Å². The number of nitrogens with zero attached hydrogens (tertiary/aromatic N) is 3. The number of aliphatic hydroxyl groups excluding tert-OH is 1. The largest absolute Gasteiger partial charge is 0.497 e. The fourth-order valence-corrected chi connectivity index (χ4v) is 3.31. The van der Waals surface area contributed by atoms with E-state index in [2.05, 4.69) is 20.9 Å². The molecule has 4 rings (SSSR count). The molecule has 0 unspecified atom stereocenters. The first-order valence-corrected chi connectivity index (χ1v) is 10.6. The van der Waals surface area contributed by atoms with Crippen LogP contribution in [0.1, 0.15) is 22.5 Å². The number of carbonyl (C=O) groups excluding carboxylic acids is 1. The van der Waals surface area contributed by atoms with Gasteiger partial charge in [-0.2, -0.15) is 0 Å². The van der Waals surface area contributed by atoms with Crippen molar-refractivity contribution in [2.45, 2.75) is 12.8 Å². The molecule has 8 nitrogen and oxygen atoms in total. The number of carbonyl (C=O) groups is 1. The van der Waals surface area contributed by atoms with Crippen molar-refractivity contribution in [2.75, 3.05) is 24.4 Å². The number of aliphatic hydroxyl groups is 1. The van der Waals surface area contributed by atoms with Gasteiger partial charge in [-0.25, -0.2) is 4.68 Å². The van der Waals surface area contributed by atoms with Crippen LogP contribution in [0.4, 0.5) is 17.1 Å². The molecule has 0 aliphatic heterocycles. The molecule has 168 valence electrons. The van der Waals surface area contributed by atoms with Crippen LogP contribution in [0.5, 0.6) is 5.75 Å². The molecule has 0 saturated heterocycles. The topological polar surface area (TPSA) is 101 Å². The molecule has 0 bridgehead atoms. The van der Waals surface area contributed by atoms with Gasteiger partial charge in [-0.05, 0) is 73.5 Å². The second-order valence-corrected chi connectivity index (χ2v) is 7.42. The van der Waals surface area contributed by atoms with E-state index in [0.717, 1.165) is 22.8 Å². The number of nitrogens with one attached hydrogen (secondary N) is 2. The fourth-order valence-electron chi connectivity index (χ4n) is 3.31. The monoisotopic (exact) mass is 443 g/mol. The van der Waals surface area contributed by atoms with Gasteiger partial charge in [0.05, 0.1) is 24.7 Å². The van der Waals surface area contributed by atoms with E-state index >= 15 is 0 Å². The van der Waals surface area contributed by atoms with Crippen molar-refractivity contribution in [3.63, 3.8) is 0 Å². The molecule has 3 N–H and O–H groups in total. The van der Waals surface area contributed by atoms with E-state index in [1.165, 1.54) is 0 Å². The Morgan fingerprint density at radius 2 is 1.79 bits per heavy atom. The molecule has 8 heteroatoms. The van der Waals surface area contributed by atoms with E-state index in [1.54, 1.807) is 36.1 Å². The van der Waals surface area contributed by atoms with Gasteiger partial charge in [0.1, 0.15) is 5.75 Å². The highest BCUT2D eigenvalue weighted by molar-refractivity contribution is 6.04. The zero-order chi connectivity index (χ0) is 23.0. The first-order chi connectivity index (χ1) is 16.1. The Hall–Kier alpha value is -4.17. The Bertz CT molecular complexity index is 1220. The van der Waals surface area contributed by atoms with Crippen LogP contribution in [0.25, 0.3) is 5.69 Å². The smallest absolute Gasteiger partial charge is 0.255 e. The molecule has 1 aromatic heterocycles. The van der Waals surface area contributed by atoms with Crippen molar-refractivity contribution in [3.05, 3.63) is 90.3 Å². The Labute approximate surface area is 191 Å². The van der Waals surface area contributed by atoms with E-state index in [-0.39, 0.29) is 12.5 Å². The van der Waals surface area contributed by atoms with Gasteiger partial charge in [-0.15, -0.1) is 5.10 Å². The summed E-state index contributed by atoms with van der Waals surface area (Å²) in [5.74, 6) is 0.426. The molecule has 0 radical (unpaired) electrons. The van der Waals surface area contributed by atoms with Gasteiger partial charge in [-0.3, -0.25) is 4.79 Å². The molecule has 0 saturated carbocycles. The van der Waals surface area contributed by atoms with Crippen LogP contribution in [0, 0.1) is 0 Å². The van der Waals surface area contributed by atoms with Gasteiger partial charge in [0.15, 0.2) is 0 Å². The predicted molar refractivity (Wildman–Crippen MR) is 127 cm³/mol. The molecule has 4 aromatic rings. The lowest BCUT2D eigenvalue weighted by atomic mass is 10.2. The molecule has 1 heterocycles. The number of hydrogen-bond acceptors (Lipinski definition) is 6. The van der Waals surface area contributed by atoms with E-state index in [0.29, 0.717) is 29.8 Å². The Morgan fingerprint density at radius 1 is 1.00 bits per heavy atom. The lowest BCUT2D eigenvalue weighted by molar-refractivity contribution is 0.102. The van der Waals surface area contributed by atoms with Crippen LogP contribution in [-0.4, -0.2) is 39.7 Å². The van der Waals surface area contributed by atoms with E-state index < -0.39 is 0 Å². The van der Waals surface area contributed by atoms with E-state index in [9.17, 15) is 4.79 Å². The molecule has 3 aromatic carbocycles. The third kappa shape index (κ3) is 5.75. The third-order valence-corrected chi connectivity index (χ3v) is 5.00. The summed E-state index contributed by atoms with van der Waals surface area (Å²) in [6, 6.07) is 22.3. The quantitative estimate of drug-likeness (QED) is 0.358. The molecule has 0 spiro atoms. The van der Waals surface area contributed by atoms with Gasteiger partial charge in [0.25, 0.3) is 5.91 Å². The van der Waals surface area contributed by atoms with Gasteiger partial charge in [0, 0.05) is 29.2 Å². The van der Waals surface area contributed by atoms with E-state index in [1.807, 2.05) is 54.7 Å². The number of hydrogen-bond donors (Lipinski definition) is 3. The van der Waals surface area contributed by atoms with E-state index in [4.69, 9.17) is 9.84 Å². The first-order valence-electron chi connectivity index (χ1n) is 10.6. The number of amides is 1. The van der Waals surface area contributed by atoms with Crippen LogP contribution < -0.4 is 15.4 Å². The Kier molecular flexibility index (Phi) is 6.96. The second-order valence-electron chi connectivity index (χ2n) is 7.42. The highest BCUT2D eigenvalue weighted by Crippen LogP contribution is 2.22. The molecule has 33 heavy (non-hydrogen) atoms. The standard InChI is InChI=1S/C25H25N5O3/c1-33-24-9-2-5-18(15-24)25(32)27-21-7-3-6-20(16-21)26-19-10-12-23(13-11-19)30-17-22(28-29-30)8-4-14-31/h2-3,5-7,9-13,15-17,26,31H,4,8,14H2,1H3,(H,27,32). The zero-order valence-corrected chi connectivity index (χ0v) is 18.2. The minimum atomic E-state index is -0.207. The average molecular weight is 444 g/mol. The van der Waals surface area contributed by atoms with Gasteiger partial charge >= 0.3 is 0 Å². The Morgan fingerprint density at radius 3 is 2.58 bits per heavy atom. The number of methoxy groups -OCH3 is 1. The molecule has 0 fully saturated rings. The van der Waals surface area contributed by atoms with Gasteiger partial charge in [0.2, 0.25) is 0 Å². The predicted octanol–water partition coefficient (Wildman–Crippen LogP) is 4.20. The zero-order valence-electron chi connectivity index (χ0n) is 18.2. The van der Waals surface area contributed by atoms with Gasteiger partial charge < -0.3 is 20.5 Å². The average Bonchev–Trinajstić information content (AvgIpc) is 3.32. The summed E-state index contributed by atoms with van der Waals surface area (Å²) in [6.45, 7) is 0.138. The number of rotatable bonds is 9.